The van der Waals surface area contributed by atoms with Crippen molar-refractivity contribution in [2.24, 2.45) is 0 Å². The van der Waals surface area contributed by atoms with Crippen LogP contribution in [0.4, 0.5) is 0 Å². The highest BCUT2D eigenvalue weighted by Gasteiger charge is 2.18. The first-order chi connectivity index (χ1) is 15.8. The van der Waals surface area contributed by atoms with E-state index >= 15 is 0 Å². The van der Waals surface area contributed by atoms with E-state index in [1.54, 1.807) is 0 Å². The zero-order valence-corrected chi connectivity index (χ0v) is 17.5. The summed E-state index contributed by atoms with van der Waals surface area (Å²) in [5.74, 6) is 0. The lowest BCUT2D eigenvalue weighted by Gasteiger charge is -2.08. The Hall–Kier alpha value is -4.10. The Bertz CT molecular complexity index is 1630. The van der Waals surface area contributed by atoms with Crippen LogP contribution in [-0.4, -0.2) is 0 Å². The third-order valence-corrected chi connectivity index (χ3v) is 6.72. The van der Waals surface area contributed by atoms with Crippen LogP contribution in [-0.2, 0) is 6.42 Å². The van der Waals surface area contributed by atoms with E-state index in [2.05, 4.69) is 97.1 Å². The number of hydrogen-bond acceptors (Lipinski definition) is 1. The van der Waals surface area contributed by atoms with Crippen molar-refractivity contribution < 1.29 is 4.42 Å². The molecule has 0 spiro atoms. The molecule has 1 aromatic heterocycles. The van der Waals surface area contributed by atoms with E-state index < -0.39 is 0 Å². The van der Waals surface area contributed by atoms with Gasteiger partial charge in [-0.2, -0.15) is 0 Å². The standard InChI is InChI=1S/C31H20O/c1-2-6-26-24(5-1)18-25-17-22(13-15-27(25)26)20-9-11-21(12-10-20)23-14-16-31-29(19-23)28-7-3-4-8-30(28)32-31/h1-17,19H,18H2. The highest BCUT2D eigenvalue weighted by atomic mass is 16.3. The molecule has 1 nitrogen and oxygen atoms in total. The molecule has 0 radical (unpaired) electrons. The summed E-state index contributed by atoms with van der Waals surface area (Å²) < 4.78 is 5.98. The van der Waals surface area contributed by atoms with Gasteiger partial charge in [0.1, 0.15) is 11.2 Å². The SMILES string of the molecule is c1ccc2c(c1)Cc1cc(-c3ccc(-c4ccc5oc6ccccc6c5c4)cc3)ccc1-2. The maximum Gasteiger partial charge on any atom is 0.135 e. The Kier molecular flexibility index (Phi) is 3.68. The van der Waals surface area contributed by atoms with Crippen molar-refractivity contribution in [2.45, 2.75) is 6.42 Å². The minimum atomic E-state index is 0.936. The lowest BCUT2D eigenvalue weighted by Crippen LogP contribution is -1.84. The van der Waals surface area contributed by atoms with Gasteiger partial charge in [-0.1, -0.05) is 91.0 Å². The number of benzene rings is 5. The van der Waals surface area contributed by atoms with Crippen LogP contribution >= 0.6 is 0 Å². The molecular formula is C31H20O. The van der Waals surface area contributed by atoms with Crippen LogP contribution in [0.2, 0.25) is 0 Å². The smallest absolute Gasteiger partial charge is 0.135 e. The molecule has 0 aliphatic heterocycles. The van der Waals surface area contributed by atoms with Crippen LogP contribution in [0.15, 0.2) is 114 Å². The fourth-order valence-electron chi connectivity index (χ4n) is 5.09. The third kappa shape index (κ3) is 2.65. The van der Waals surface area contributed by atoms with Gasteiger partial charge in [0.25, 0.3) is 0 Å². The lowest BCUT2D eigenvalue weighted by molar-refractivity contribution is 0.669. The van der Waals surface area contributed by atoms with Gasteiger partial charge in [-0.15, -0.1) is 0 Å². The van der Waals surface area contributed by atoms with Crippen molar-refractivity contribution in [3.05, 3.63) is 120 Å². The first-order valence-corrected chi connectivity index (χ1v) is 11.1. The van der Waals surface area contributed by atoms with Gasteiger partial charge in [0, 0.05) is 10.8 Å². The van der Waals surface area contributed by atoms with Crippen molar-refractivity contribution >= 4 is 21.9 Å². The fourth-order valence-corrected chi connectivity index (χ4v) is 5.09. The highest BCUT2D eigenvalue weighted by Crippen LogP contribution is 2.39. The molecule has 1 heteroatoms. The summed E-state index contributed by atoms with van der Waals surface area (Å²) in [6.45, 7) is 0. The van der Waals surface area contributed by atoms with Gasteiger partial charge in [0.05, 0.1) is 0 Å². The molecule has 0 saturated carbocycles. The minimum absolute atomic E-state index is 0.936. The van der Waals surface area contributed by atoms with E-state index in [1.165, 1.54) is 55.3 Å². The van der Waals surface area contributed by atoms with Crippen LogP contribution in [0.1, 0.15) is 11.1 Å². The van der Waals surface area contributed by atoms with Crippen LogP contribution in [0.5, 0.6) is 0 Å². The summed E-state index contributed by atoms with van der Waals surface area (Å²) in [6.07, 6.45) is 1.02. The highest BCUT2D eigenvalue weighted by molar-refractivity contribution is 6.06. The molecule has 7 rings (SSSR count). The third-order valence-electron chi connectivity index (χ3n) is 6.72. The molecule has 0 saturated heterocycles. The monoisotopic (exact) mass is 408 g/mol. The summed E-state index contributed by atoms with van der Waals surface area (Å²) in [5.41, 5.74) is 12.4. The molecule has 6 aromatic rings. The molecule has 0 N–H and O–H groups in total. The molecule has 5 aromatic carbocycles. The van der Waals surface area contributed by atoms with E-state index in [9.17, 15) is 0 Å². The second-order valence-corrected chi connectivity index (χ2v) is 8.59. The average molecular weight is 409 g/mol. The molecule has 1 aliphatic rings. The predicted octanol–water partition coefficient (Wildman–Crippen LogP) is 8.49. The van der Waals surface area contributed by atoms with Gasteiger partial charge in [0.2, 0.25) is 0 Å². The molecule has 150 valence electrons. The van der Waals surface area contributed by atoms with E-state index in [-0.39, 0.29) is 0 Å². The van der Waals surface area contributed by atoms with Crippen molar-refractivity contribution in [1.29, 1.82) is 0 Å². The number of furan rings is 1. The number of rotatable bonds is 2. The van der Waals surface area contributed by atoms with Crippen molar-refractivity contribution in [1.82, 2.24) is 0 Å². The van der Waals surface area contributed by atoms with Crippen molar-refractivity contribution in [3.8, 4) is 33.4 Å². The summed E-state index contributed by atoms with van der Waals surface area (Å²) in [5, 5.41) is 2.33. The molecular weight excluding hydrogens is 388 g/mol. The Morgan fingerprint density at radius 3 is 1.94 bits per heavy atom. The van der Waals surface area contributed by atoms with Gasteiger partial charge < -0.3 is 4.42 Å². The van der Waals surface area contributed by atoms with Gasteiger partial charge in [0.15, 0.2) is 0 Å². The van der Waals surface area contributed by atoms with E-state index in [0.717, 1.165) is 17.6 Å². The molecule has 0 atom stereocenters. The Balaban J connectivity index is 1.24. The molecule has 1 aliphatic carbocycles. The van der Waals surface area contributed by atoms with E-state index in [4.69, 9.17) is 4.42 Å². The topological polar surface area (TPSA) is 13.1 Å². The second-order valence-electron chi connectivity index (χ2n) is 8.59. The maximum atomic E-state index is 5.98. The Morgan fingerprint density at radius 1 is 0.438 bits per heavy atom. The summed E-state index contributed by atoms with van der Waals surface area (Å²) in [4.78, 5) is 0. The largest absolute Gasteiger partial charge is 0.456 e. The van der Waals surface area contributed by atoms with Gasteiger partial charge in [-0.05, 0) is 69.1 Å². The van der Waals surface area contributed by atoms with Crippen LogP contribution < -0.4 is 0 Å². The van der Waals surface area contributed by atoms with Crippen molar-refractivity contribution in [2.75, 3.05) is 0 Å². The summed E-state index contributed by atoms with van der Waals surface area (Å²) in [7, 11) is 0. The Morgan fingerprint density at radius 2 is 1.06 bits per heavy atom. The average Bonchev–Trinajstić information content (AvgIpc) is 3.41. The minimum Gasteiger partial charge on any atom is -0.456 e. The first-order valence-electron chi connectivity index (χ1n) is 11.1. The van der Waals surface area contributed by atoms with Crippen molar-refractivity contribution in [3.63, 3.8) is 0 Å². The van der Waals surface area contributed by atoms with Gasteiger partial charge in [-0.3, -0.25) is 0 Å². The fraction of sp³-hybridized carbons (Fsp3) is 0.0323. The second kappa shape index (κ2) is 6.70. The molecule has 0 unspecified atom stereocenters. The van der Waals surface area contributed by atoms with Crippen LogP contribution in [0.25, 0.3) is 55.3 Å². The van der Waals surface area contributed by atoms with Crippen LogP contribution in [0, 0.1) is 0 Å². The summed E-state index contributed by atoms with van der Waals surface area (Å²) >= 11 is 0. The first kappa shape index (κ1) is 17.6. The molecule has 0 fully saturated rings. The molecule has 0 amide bonds. The van der Waals surface area contributed by atoms with Gasteiger partial charge in [-0.25, -0.2) is 0 Å². The molecule has 0 bridgehead atoms. The zero-order valence-electron chi connectivity index (χ0n) is 17.5. The van der Waals surface area contributed by atoms with E-state index in [1.807, 2.05) is 12.1 Å². The normalized spacial score (nSPS) is 12.2. The predicted molar refractivity (Wildman–Crippen MR) is 133 cm³/mol. The van der Waals surface area contributed by atoms with E-state index in [0.29, 0.717) is 0 Å². The lowest BCUT2D eigenvalue weighted by atomic mass is 9.96. The Labute approximate surface area is 186 Å². The number of hydrogen-bond donors (Lipinski definition) is 0. The van der Waals surface area contributed by atoms with Gasteiger partial charge >= 0.3 is 0 Å². The number of para-hydroxylation sites is 1. The maximum absolute atomic E-state index is 5.98. The molecule has 32 heavy (non-hydrogen) atoms. The van der Waals surface area contributed by atoms with Crippen LogP contribution in [0.3, 0.4) is 0 Å². The summed E-state index contributed by atoms with van der Waals surface area (Å²) in [6, 6.07) is 39.2. The zero-order chi connectivity index (χ0) is 21.1. The number of fused-ring (bicyclic) bond motifs is 6. The molecule has 1 heterocycles. The quantitative estimate of drug-likeness (QED) is 0.279.